The molecule has 1 aromatic rings. The lowest BCUT2D eigenvalue weighted by atomic mass is 9.89. The molecule has 0 N–H and O–H groups in total. The molecule has 1 aliphatic carbocycles. The average molecular weight is 321 g/mol. The predicted octanol–water partition coefficient (Wildman–Crippen LogP) is 3.89. The number of hydrogen-bond acceptors (Lipinski definition) is 4. The highest BCUT2D eigenvalue weighted by Gasteiger charge is 2.37. The van der Waals surface area contributed by atoms with Crippen LogP contribution >= 0.6 is 0 Å². The van der Waals surface area contributed by atoms with Crippen molar-refractivity contribution in [3.05, 3.63) is 18.0 Å². The molecule has 23 heavy (non-hydrogen) atoms. The van der Waals surface area contributed by atoms with Gasteiger partial charge in [-0.1, -0.05) is 0 Å². The molecule has 1 unspecified atom stereocenters. The third kappa shape index (κ3) is 5.33. The van der Waals surface area contributed by atoms with Crippen molar-refractivity contribution in [3.8, 4) is 6.07 Å². The molecule has 0 spiro atoms. The van der Waals surface area contributed by atoms with E-state index in [9.17, 15) is 0 Å². The molecular formula is C18H31N3O2. The van der Waals surface area contributed by atoms with Crippen LogP contribution in [-0.4, -0.2) is 35.2 Å². The summed E-state index contributed by atoms with van der Waals surface area (Å²) in [6.07, 6.45) is 6.98. The lowest BCUT2D eigenvalue weighted by molar-refractivity contribution is -0.147. The van der Waals surface area contributed by atoms with E-state index >= 15 is 0 Å². The van der Waals surface area contributed by atoms with E-state index in [4.69, 9.17) is 14.7 Å². The van der Waals surface area contributed by atoms with Crippen LogP contribution in [-0.2, 0) is 9.47 Å². The van der Waals surface area contributed by atoms with Crippen molar-refractivity contribution >= 4 is 0 Å². The summed E-state index contributed by atoms with van der Waals surface area (Å²) in [7, 11) is 3.39. The number of aromatic nitrogens is 2. The van der Waals surface area contributed by atoms with Gasteiger partial charge in [0.25, 0.3) is 0 Å². The first-order chi connectivity index (χ1) is 10.7. The number of aryl methyl sites for hydroxylation is 1. The second-order valence-corrected chi connectivity index (χ2v) is 7.19. The maximum atomic E-state index is 8.69. The van der Waals surface area contributed by atoms with Crippen LogP contribution in [0.3, 0.4) is 0 Å². The summed E-state index contributed by atoms with van der Waals surface area (Å²) in [6.45, 7) is 10.1. The third-order valence-electron chi connectivity index (χ3n) is 5.01. The van der Waals surface area contributed by atoms with Crippen molar-refractivity contribution in [2.45, 2.75) is 71.1 Å². The van der Waals surface area contributed by atoms with Crippen molar-refractivity contribution in [2.24, 2.45) is 5.92 Å². The van der Waals surface area contributed by atoms with Gasteiger partial charge < -0.3 is 9.47 Å². The fraction of sp³-hybridized carbons (Fsp3) is 0.778. The van der Waals surface area contributed by atoms with E-state index in [1.807, 2.05) is 51.7 Å². The summed E-state index contributed by atoms with van der Waals surface area (Å²) in [5.74, 6) is 0.693. The van der Waals surface area contributed by atoms with E-state index in [0.717, 1.165) is 0 Å². The minimum absolute atomic E-state index is 0.234. The van der Waals surface area contributed by atoms with Gasteiger partial charge in [-0.3, -0.25) is 4.68 Å². The summed E-state index contributed by atoms with van der Waals surface area (Å²) in [5.41, 5.74) is 0.701. The summed E-state index contributed by atoms with van der Waals surface area (Å²) in [6, 6.07) is 2.55. The first-order valence-corrected chi connectivity index (χ1v) is 8.16. The highest BCUT2D eigenvalue weighted by atomic mass is 16.5. The van der Waals surface area contributed by atoms with Crippen molar-refractivity contribution in [1.29, 1.82) is 5.26 Å². The van der Waals surface area contributed by atoms with Gasteiger partial charge in [0.2, 0.25) is 0 Å². The molecule has 0 radical (unpaired) electrons. The average Bonchev–Trinajstić information content (AvgIpc) is 3.26. The van der Waals surface area contributed by atoms with E-state index in [2.05, 4.69) is 11.2 Å². The highest BCUT2D eigenvalue weighted by molar-refractivity contribution is 5.03. The molecule has 1 heterocycles. The van der Waals surface area contributed by atoms with Crippen LogP contribution < -0.4 is 0 Å². The molecular weight excluding hydrogens is 290 g/mol. The van der Waals surface area contributed by atoms with Crippen LogP contribution in [0.1, 0.15) is 58.6 Å². The van der Waals surface area contributed by atoms with Crippen LogP contribution in [0.15, 0.2) is 12.4 Å². The minimum Gasteiger partial charge on any atom is -0.376 e. The number of rotatable bonds is 6. The summed E-state index contributed by atoms with van der Waals surface area (Å²) in [5, 5.41) is 13.0. The van der Waals surface area contributed by atoms with Gasteiger partial charge in [0.05, 0.1) is 35.9 Å². The molecule has 0 bridgehead atoms. The molecule has 1 fully saturated rings. The van der Waals surface area contributed by atoms with Gasteiger partial charge in [0.15, 0.2) is 0 Å². The van der Waals surface area contributed by atoms with Crippen LogP contribution in [0, 0.1) is 24.2 Å². The Morgan fingerprint density at radius 1 is 1.26 bits per heavy atom. The number of ether oxygens (including phenoxy) is 2. The van der Waals surface area contributed by atoms with Crippen molar-refractivity contribution in [3.63, 3.8) is 0 Å². The Bertz CT molecular complexity index is 511. The van der Waals surface area contributed by atoms with Gasteiger partial charge in [-0.05, 0) is 58.9 Å². The molecule has 1 aromatic heterocycles. The molecule has 0 amide bonds. The molecule has 130 valence electrons. The lowest BCUT2D eigenvalue weighted by Crippen LogP contribution is -2.48. The first kappa shape index (κ1) is 19.7. The smallest absolute Gasteiger partial charge is 0.0905 e. The Morgan fingerprint density at radius 3 is 2.09 bits per heavy atom. The van der Waals surface area contributed by atoms with Gasteiger partial charge in [-0.2, -0.15) is 10.4 Å². The Kier molecular flexibility index (Phi) is 6.79. The molecule has 1 atom stereocenters. The van der Waals surface area contributed by atoms with Crippen molar-refractivity contribution in [2.75, 3.05) is 14.2 Å². The van der Waals surface area contributed by atoms with E-state index in [1.165, 1.54) is 18.4 Å². The molecule has 0 saturated heterocycles. The molecule has 5 nitrogen and oxygen atoms in total. The second-order valence-electron chi connectivity index (χ2n) is 7.19. The van der Waals surface area contributed by atoms with Gasteiger partial charge in [-0.15, -0.1) is 0 Å². The number of nitriles is 1. The van der Waals surface area contributed by atoms with Crippen LogP contribution in [0.2, 0.25) is 0 Å². The van der Waals surface area contributed by atoms with Gasteiger partial charge in [0.1, 0.15) is 0 Å². The zero-order valence-electron chi connectivity index (χ0n) is 15.6. The molecule has 0 aliphatic heterocycles. The number of nitrogens with zero attached hydrogens (tertiary/aromatic N) is 3. The molecule has 1 saturated carbocycles. The zero-order chi connectivity index (χ0) is 17.7. The topological polar surface area (TPSA) is 60.1 Å². The van der Waals surface area contributed by atoms with Crippen LogP contribution in [0.5, 0.6) is 0 Å². The molecule has 1 aliphatic rings. The second kappa shape index (κ2) is 7.94. The maximum Gasteiger partial charge on any atom is 0.0905 e. The highest BCUT2D eigenvalue weighted by Crippen LogP contribution is 2.41. The standard InChI is InChI=1S/C10H13N3.C8H18O2/c1-8-6-12-13(7-8)10(4-5-11)9-2-3-9;1-7(2,9-5)8(3,4)10-6/h6-7,9-10H,2-4H2,1H3;1-6H3. The van der Waals surface area contributed by atoms with E-state index < -0.39 is 0 Å². The largest absolute Gasteiger partial charge is 0.376 e. The van der Waals surface area contributed by atoms with Crippen LogP contribution in [0.4, 0.5) is 0 Å². The van der Waals surface area contributed by atoms with Crippen LogP contribution in [0.25, 0.3) is 0 Å². The Hall–Kier alpha value is -1.38. The minimum atomic E-state index is -0.234. The quantitative estimate of drug-likeness (QED) is 0.797. The maximum absolute atomic E-state index is 8.69. The number of methoxy groups -OCH3 is 2. The van der Waals surface area contributed by atoms with E-state index in [0.29, 0.717) is 18.4 Å². The molecule has 0 aromatic carbocycles. The Labute approximate surface area is 140 Å². The summed E-state index contributed by atoms with van der Waals surface area (Å²) < 4.78 is 12.5. The van der Waals surface area contributed by atoms with Gasteiger partial charge in [0, 0.05) is 20.4 Å². The van der Waals surface area contributed by atoms with Crippen molar-refractivity contribution < 1.29 is 9.47 Å². The van der Waals surface area contributed by atoms with Crippen molar-refractivity contribution in [1.82, 2.24) is 9.78 Å². The van der Waals surface area contributed by atoms with E-state index in [1.54, 1.807) is 14.2 Å². The normalized spacial score (nSPS) is 16.3. The summed E-state index contributed by atoms with van der Waals surface area (Å²) in [4.78, 5) is 0. The first-order valence-electron chi connectivity index (χ1n) is 8.16. The number of hydrogen-bond donors (Lipinski definition) is 0. The fourth-order valence-corrected chi connectivity index (χ4v) is 2.16. The molecule has 5 heteroatoms. The lowest BCUT2D eigenvalue weighted by Gasteiger charge is -2.38. The Morgan fingerprint density at radius 2 is 1.78 bits per heavy atom. The Balaban J connectivity index is 0.000000241. The SMILES string of the molecule is COC(C)(C)C(C)(C)OC.Cc1cnn(C(CC#N)C2CC2)c1. The predicted molar refractivity (Wildman–Crippen MR) is 91.1 cm³/mol. The fourth-order valence-electron chi connectivity index (χ4n) is 2.16. The zero-order valence-corrected chi connectivity index (χ0v) is 15.6. The summed E-state index contributed by atoms with van der Waals surface area (Å²) >= 11 is 0. The molecule has 2 rings (SSSR count). The monoisotopic (exact) mass is 321 g/mol. The van der Waals surface area contributed by atoms with Gasteiger partial charge in [-0.25, -0.2) is 0 Å². The third-order valence-corrected chi connectivity index (χ3v) is 5.01. The van der Waals surface area contributed by atoms with Gasteiger partial charge >= 0.3 is 0 Å². The van der Waals surface area contributed by atoms with E-state index in [-0.39, 0.29) is 11.2 Å².